The number of carbonyl (C=O) groups excluding carboxylic acids is 2. The summed E-state index contributed by atoms with van der Waals surface area (Å²) in [6, 6.07) is 1.76. The van der Waals surface area contributed by atoms with Gasteiger partial charge in [0, 0.05) is 43.4 Å². The topological polar surface area (TPSA) is 91.3 Å². The van der Waals surface area contributed by atoms with E-state index in [9.17, 15) is 9.59 Å². The molecule has 2 aromatic heterocycles. The molecule has 1 saturated heterocycles. The Labute approximate surface area is 143 Å². The van der Waals surface area contributed by atoms with Crippen molar-refractivity contribution in [3.8, 4) is 0 Å². The predicted octanol–water partition coefficient (Wildman–Crippen LogP) is 0.837. The number of thiazole rings is 1. The van der Waals surface area contributed by atoms with Gasteiger partial charge in [-0.15, -0.1) is 11.3 Å². The second-order valence-corrected chi connectivity index (χ2v) is 6.65. The molecular formula is C15H18N6O2S. The van der Waals surface area contributed by atoms with E-state index in [0.717, 1.165) is 10.6 Å². The minimum atomic E-state index is -0.645. The molecule has 8 nitrogen and oxygen atoms in total. The van der Waals surface area contributed by atoms with Crippen LogP contribution in [-0.2, 0) is 9.59 Å². The van der Waals surface area contributed by atoms with Crippen LogP contribution in [0, 0.1) is 13.8 Å². The average Bonchev–Trinajstić information content (AvgIpc) is 2.92. The van der Waals surface area contributed by atoms with Crippen LogP contribution in [0.4, 0.5) is 11.1 Å². The van der Waals surface area contributed by atoms with Gasteiger partial charge in [-0.2, -0.15) is 0 Å². The van der Waals surface area contributed by atoms with E-state index in [0.29, 0.717) is 37.3 Å². The first-order chi connectivity index (χ1) is 11.5. The maximum absolute atomic E-state index is 12.3. The first kappa shape index (κ1) is 16.3. The van der Waals surface area contributed by atoms with Gasteiger partial charge in [-0.3, -0.25) is 14.9 Å². The summed E-state index contributed by atoms with van der Waals surface area (Å²) in [6.45, 7) is 5.90. The highest BCUT2D eigenvalue weighted by atomic mass is 32.1. The molecule has 1 N–H and O–H groups in total. The quantitative estimate of drug-likeness (QED) is 0.810. The molecule has 0 saturated carbocycles. The summed E-state index contributed by atoms with van der Waals surface area (Å²) in [5.74, 6) is -0.537. The number of rotatable bonds is 2. The monoisotopic (exact) mass is 346 g/mol. The fourth-order valence-electron chi connectivity index (χ4n) is 2.38. The maximum atomic E-state index is 12.3. The van der Waals surface area contributed by atoms with Crippen molar-refractivity contribution in [1.82, 2.24) is 19.9 Å². The van der Waals surface area contributed by atoms with Crippen LogP contribution in [0.2, 0.25) is 0 Å². The van der Waals surface area contributed by atoms with Crippen LogP contribution in [-0.4, -0.2) is 57.8 Å². The lowest BCUT2D eigenvalue weighted by Crippen LogP contribution is -2.52. The Morgan fingerprint density at radius 1 is 1.12 bits per heavy atom. The lowest BCUT2D eigenvalue weighted by atomic mass is 10.3. The van der Waals surface area contributed by atoms with Gasteiger partial charge in [-0.05, 0) is 19.9 Å². The minimum Gasteiger partial charge on any atom is -0.337 e. The predicted molar refractivity (Wildman–Crippen MR) is 91.0 cm³/mol. The Bertz CT molecular complexity index is 720. The van der Waals surface area contributed by atoms with Crippen LogP contribution in [0.15, 0.2) is 18.5 Å². The van der Waals surface area contributed by atoms with Gasteiger partial charge < -0.3 is 9.80 Å². The molecule has 3 rings (SSSR count). The summed E-state index contributed by atoms with van der Waals surface area (Å²) in [7, 11) is 0. The number of nitrogens with zero attached hydrogens (tertiary/aromatic N) is 5. The summed E-state index contributed by atoms with van der Waals surface area (Å²) in [5.41, 5.74) is 0.860. The van der Waals surface area contributed by atoms with E-state index in [-0.39, 0.29) is 0 Å². The van der Waals surface area contributed by atoms with Crippen LogP contribution in [0.3, 0.4) is 0 Å². The van der Waals surface area contributed by atoms with Crippen molar-refractivity contribution in [2.24, 2.45) is 0 Å². The zero-order valence-corrected chi connectivity index (χ0v) is 14.3. The molecule has 0 bridgehead atoms. The summed E-state index contributed by atoms with van der Waals surface area (Å²) in [5, 5.41) is 3.04. The SMILES string of the molecule is Cc1nc(NC(=O)C(=O)N2CCN(c3ncccn3)CC2)sc1C. The number of nitrogens with one attached hydrogen (secondary N) is 1. The van der Waals surface area contributed by atoms with Crippen molar-refractivity contribution in [2.75, 3.05) is 36.4 Å². The normalized spacial score (nSPS) is 14.6. The molecule has 2 aromatic rings. The minimum absolute atomic E-state index is 0.458. The number of hydrogen-bond donors (Lipinski definition) is 1. The van der Waals surface area contributed by atoms with Crippen LogP contribution >= 0.6 is 11.3 Å². The Hall–Kier alpha value is -2.55. The molecule has 0 atom stereocenters. The molecule has 24 heavy (non-hydrogen) atoms. The number of amides is 2. The smallest absolute Gasteiger partial charge is 0.315 e. The number of piperazine rings is 1. The number of aryl methyl sites for hydroxylation is 2. The fraction of sp³-hybridized carbons (Fsp3) is 0.400. The number of aromatic nitrogens is 3. The van der Waals surface area contributed by atoms with Gasteiger partial charge >= 0.3 is 11.8 Å². The molecule has 0 spiro atoms. The van der Waals surface area contributed by atoms with Crippen molar-refractivity contribution in [1.29, 1.82) is 0 Å². The molecule has 9 heteroatoms. The fourth-order valence-corrected chi connectivity index (χ4v) is 3.19. The van der Waals surface area contributed by atoms with Crippen molar-refractivity contribution in [3.63, 3.8) is 0 Å². The Morgan fingerprint density at radius 3 is 2.38 bits per heavy atom. The van der Waals surface area contributed by atoms with E-state index >= 15 is 0 Å². The zero-order chi connectivity index (χ0) is 17.1. The molecular weight excluding hydrogens is 328 g/mol. The van der Waals surface area contributed by atoms with Gasteiger partial charge in [0.25, 0.3) is 0 Å². The molecule has 0 radical (unpaired) electrons. The van der Waals surface area contributed by atoms with E-state index in [1.807, 2.05) is 18.7 Å². The Morgan fingerprint density at radius 2 is 1.79 bits per heavy atom. The van der Waals surface area contributed by atoms with E-state index < -0.39 is 11.8 Å². The first-order valence-electron chi connectivity index (χ1n) is 7.61. The van der Waals surface area contributed by atoms with Gasteiger partial charge in [0.2, 0.25) is 5.95 Å². The third-order valence-electron chi connectivity index (χ3n) is 3.85. The molecule has 126 valence electrons. The highest BCUT2D eigenvalue weighted by Crippen LogP contribution is 2.21. The lowest BCUT2D eigenvalue weighted by Gasteiger charge is -2.34. The van der Waals surface area contributed by atoms with E-state index in [2.05, 4.69) is 20.3 Å². The highest BCUT2D eigenvalue weighted by molar-refractivity contribution is 7.15. The standard InChI is InChI=1S/C15H18N6O2S/c1-10-11(2)24-15(18-10)19-12(22)13(23)20-6-8-21(9-7-20)14-16-4-3-5-17-14/h3-5H,6-9H2,1-2H3,(H,18,19,22). The van der Waals surface area contributed by atoms with Crippen LogP contribution in [0.25, 0.3) is 0 Å². The maximum Gasteiger partial charge on any atom is 0.315 e. The summed E-state index contributed by atoms with van der Waals surface area (Å²) >= 11 is 1.37. The van der Waals surface area contributed by atoms with Crippen LogP contribution in [0.5, 0.6) is 0 Å². The molecule has 1 aliphatic heterocycles. The highest BCUT2D eigenvalue weighted by Gasteiger charge is 2.27. The molecule has 0 aromatic carbocycles. The van der Waals surface area contributed by atoms with Gasteiger partial charge in [0.1, 0.15) is 0 Å². The third kappa shape index (κ3) is 3.51. The van der Waals surface area contributed by atoms with Crippen molar-refractivity contribution in [3.05, 3.63) is 29.0 Å². The summed E-state index contributed by atoms with van der Waals surface area (Å²) in [4.78, 5) is 41.6. The number of anilines is 2. The van der Waals surface area contributed by atoms with E-state index in [4.69, 9.17) is 0 Å². The van der Waals surface area contributed by atoms with Gasteiger partial charge in [-0.1, -0.05) is 0 Å². The molecule has 1 aliphatic rings. The molecule has 3 heterocycles. The zero-order valence-electron chi connectivity index (χ0n) is 13.5. The molecule has 0 unspecified atom stereocenters. The van der Waals surface area contributed by atoms with Crippen LogP contribution < -0.4 is 10.2 Å². The first-order valence-corrected chi connectivity index (χ1v) is 8.42. The number of carbonyl (C=O) groups is 2. The molecule has 0 aliphatic carbocycles. The Kier molecular flexibility index (Phi) is 4.70. The average molecular weight is 346 g/mol. The second-order valence-electron chi connectivity index (χ2n) is 5.44. The molecule has 1 fully saturated rings. The molecule has 2 amide bonds. The van der Waals surface area contributed by atoms with E-state index in [1.54, 1.807) is 23.4 Å². The summed E-state index contributed by atoms with van der Waals surface area (Å²) in [6.07, 6.45) is 3.37. The largest absolute Gasteiger partial charge is 0.337 e. The van der Waals surface area contributed by atoms with Crippen molar-refractivity contribution >= 4 is 34.2 Å². The van der Waals surface area contributed by atoms with Crippen molar-refractivity contribution in [2.45, 2.75) is 13.8 Å². The lowest BCUT2D eigenvalue weighted by molar-refractivity contribution is -0.143. The van der Waals surface area contributed by atoms with Crippen LogP contribution in [0.1, 0.15) is 10.6 Å². The van der Waals surface area contributed by atoms with Gasteiger partial charge in [0.15, 0.2) is 5.13 Å². The van der Waals surface area contributed by atoms with Crippen molar-refractivity contribution < 1.29 is 9.59 Å². The third-order valence-corrected chi connectivity index (χ3v) is 4.83. The van der Waals surface area contributed by atoms with E-state index in [1.165, 1.54) is 11.3 Å². The van der Waals surface area contributed by atoms with Gasteiger partial charge in [-0.25, -0.2) is 15.0 Å². The second kappa shape index (κ2) is 6.91. The number of hydrogen-bond acceptors (Lipinski definition) is 7. The summed E-state index contributed by atoms with van der Waals surface area (Å²) < 4.78 is 0. The Balaban J connectivity index is 1.55. The van der Waals surface area contributed by atoms with Gasteiger partial charge in [0.05, 0.1) is 5.69 Å².